The molecule has 1 aliphatic carbocycles. The summed E-state index contributed by atoms with van der Waals surface area (Å²) in [5.41, 5.74) is 0.774. The molecule has 1 saturated carbocycles. The minimum absolute atomic E-state index is 0.774. The zero-order valence-electron chi connectivity index (χ0n) is 10.2. The monoisotopic (exact) mass is 210 g/mol. The van der Waals surface area contributed by atoms with Gasteiger partial charge in [0.1, 0.15) is 0 Å². The first kappa shape index (κ1) is 11.4. The number of likely N-dealkylation sites (tertiary alicyclic amines) is 1. The van der Waals surface area contributed by atoms with E-state index in [4.69, 9.17) is 0 Å². The third kappa shape index (κ3) is 2.94. The average molecular weight is 210 g/mol. The molecule has 1 spiro atoms. The highest BCUT2D eigenvalue weighted by Gasteiger charge is 2.42. The SMILES string of the molecule is CCNCCCN1CC2(CCCCC2)C1. The smallest absolute Gasteiger partial charge is 0.00505 e. The zero-order chi connectivity index (χ0) is 10.6. The first-order valence-electron chi connectivity index (χ1n) is 6.78. The molecule has 0 bridgehead atoms. The Labute approximate surface area is 94.4 Å². The lowest BCUT2D eigenvalue weighted by Crippen LogP contribution is -2.57. The van der Waals surface area contributed by atoms with Crippen LogP contribution in [-0.4, -0.2) is 37.6 Å². The minimum atomic E-state index is 0.774. The van der Waals surface area contributed by atoms with Gasteiger partial charge in [0.2, 0.25) is 0 Å². The first-order valence-corrected chi connectivity index (χ1v) is 6.78. The standard InChI is InChI=1S/C13H26N2/c1-2-14-9-6-10-15-11-13(12-15)7-4-3-5-8-13/h14H,2-12H2,1H3. The predicted molar refractivity (Wildman–Crippen MR) is 65.1 cm³/mol. The van der Waals surface area contributed by atoms with Crippen molar-refractivity contribution in [1.82, 2.24) is 10.2 Å². The van der Waals surface area contributed by atoms with E-state index in [0.29, 0.717) is 0 Å². The highest BCUT2D eigenvalue weighted by molar-refractivity contribution is 4.96. The second kappa shape index (κ2) is 5.31. The lowest BCUT2D eigenvalue weighted by atomic mass is 9.68. The van der Waals surface area contributed by atoms with Crippen LogP contribution in [0.15, 0.2) is 0 Å². The van der Waals surface area contributed by atoms with Gasteiger partial charge in [-0.1, -0.05) is 26.2 Å². The number of hydrogen-bond donors (Lipinski definition) is 1. The minimum Gasteiger partial charge on any atom is -0.317 e. The van der Waals surface area contributed by atoms with E-state index in [1.807, 2.05) is 0 Å². The highest BCUT2D eigenvalue weighted by Crippen LogP contribution is 2.43. The van der Waals surface area contributed by atoms with Crippen LogP contribution < -0.4 is 5.32 Å². The molecule has 1 heterocycles. The van der Waals surface area contributed by atoms with Gasteiger partial charge in [-0.25, -0.2) is 0 Å². The van der Waals surface area contributed by atoms with E-state index in [0.717, 1.165) is 12.0 Å². The van der Waals surface area contributed by atoms with Crippen LogP contribution in [-0.2, 0) is 0 Å². The van der Waals surface area contributed by atoms with Crippen molar-refractivity contribution < 1.29 is 0 Å². The molecule has 2 nitrogen and oxygen atoms in total. The maximum Gasteiger partial charge on any atom is 0.00505 e. The molecule has 1 aliphatic heterocycles. The zero-order valence-corrected chi connectivity index (χ0v) is 10.2. The summed E-state index contributed by atoms with van der Waals surface area (Å²) in [6.45, 7) is 8.61. The van der Waals surface area contributed by atoms with Gasteiger partial charge in [0.15, 0.2) is 0 Å². The predicted octanol–water partition coefficient (Wildman–Crippen LogP) is 2.25. The van der Waals surface area contributed by atoms with Crippen LogP contribution in [0.5, 0.6) is 0 Å². The number of hydrogen-bond acceptors (Lipinski definition) is 2. The van der Waals surface area contributed by atoms with Crippen molar-refractivity contribution >= 4 is 0 Å². The Morgan fingerprint density at radius 1 is 1.13 bits per heavy atom. The molecule has 1 N–H and O–H groups in total. The molecule has 0 unspecified atom stereocenters. The lowest BCUT2D eigenvalue weighted by molar-refractivity contribution is -0.0279. The van der Waals surface area contributed by atoms with E-state index in [2.05, 4.69) is 17.1 Å². The van der Waals surface area contributed by atoms with Crippen LogP contribution in [0.2, 0.25) is 0 Å². The Kier molecular flexibility index (Phi) is 4.04. The molecule has 2 aliphatic rings. The topological polar surface area (TPSA) is 15.3 Å². The number of nitrogens with one attached hydrogen (secondary N) is 1. The highest BCUT2D eigenvalue weighted by atomic mass is 15.2. The quantitative estimate of drug-likeness (QED) is 0.700. The Morgan fingerprint density at radius 3 is 2.53 bits per heavy atom. The largest absolute Gasteiger partial charge is 0.317 e. The van der Waals surface area contributed by atoms with Gasteiger partial charge in [0, 0.05) is 13.1 Å². The van der Waals surface area contributed by atoms with Crippen molar-refractivity contribution in [2.75, 3.05) is 32.7 Å². The normalized spacial score (nSPS) is 25.4. The second-order valence-corrected chi connectivity index (χ2v) is 5.48. The van der Waals surface area contributed by atoms with Gasteiger partial charge in [0.25, 0.3) is 0 Å². The third-order valence-electron chi connectivity index (χ3n) is 4.11. The summed E-state index contributed by atoms with van der Waals surface area (Å²) < 4.78 is 0. The summed E-state index contributed by atoms with van der Waals surface area (Å²) in [5.74, 6) is 0. The van der Waals surface area contributed by atoms with Gasteiger partial charge in [-0.15, -0.1) is 0 Å². The summed E-state index contributed by atoms with van der Waals surface area (Å²) in [4.78, 5) is 2.66. The van der Waals surface area contributed by atoms with Gasteiger partial charge in [-0.3, -0.25) is 0 Å². The van der Waals surface area contributed by atoms with Crippen LogP contribution in [0.1, 0.15) is 45.4 Å². The van der Waals surface area contributed by atoms with E-state index in [-0.39, 0.29) is 0 Å². The van der Waals surface area contributed by atoms with Crippen molar-refractivity contribution in [3.63, 3.8) is 0 Å². The fourth-order valence-corrected chi connectivity index (χ4v) is 3.28. The average Bonchev–Trinajstić information content (AvgIpc) is 2.23. The van der Waals surface area contributed by atoms with Gasteiger partial charge in [-0.05, 0) is 44.3 Å². The fraction of sp³-hybridized carbons (Fsp3) is 1.00. The Hall–Kier alpha value is -0.0800. The summed E-state index contributed by atoms with van der Waals surface area (Å²) in [7, 11) is 0. The third-order valence-corrected chi connectivity index (χ3v) is 4.11. The van der Waals surface area contributed by atoms with Crippen LogP contribution in [0.25, 0.3) is 0 Å². The molecule has 0 amide bonds. The van der Waals surface area contributed by atoms with E-state index < -0.39 is 0 Å². The summed E-state index contributed by atoms with van der Waals surface area (Å²) in [5, 5.41) is 3.40. The van der Waals surface area contributed by atoms with Gasteiger partial charge in [-0.2, -0.15) is 0 Å². The number of nitrogens with zero attached hydrogens (tertiary/aromatic N) is 1. The second-order valence-electron chi connectivity index (χ2n) is 5.48. The van der Waals surface area contributed by atoms with Gasteiger partial charge in [0.05, 0.1) is 0 Å². The van der Waals surface area contributed by atoms with Gasteiger partial charge >= 0.3 is 0 Å². The van der Waals surface area contributed by atoms with E-state index in [9.17, 15) is 0 Å². The molecule has 0 radical (unpaired) electrons. The summed E-state index contributed by atoms with van der Waals surface area (Å²) in [6.07, 6.45) is 8.82. The van der Waals surface area contributed by atoms with Crippen molar-refractivity contribution in [3.8, 4) is 0 Å². The molecule has 0 atom stereocenters. The maximum atomic E-state index is 3.40. The molecule has 0 aromatic heterocycles. The Balaban J connectivity index is 1.56. The fourth-order valence-electron chi connectivity index (χ4n) is 3.28. The van der Waals surface area contributed by atoms with Crippen molar-refractivity contribution in [1.29, 1.82) is 0 Å². The first-order chi connectivity index (χ1) is 7.35. The van der Waals surface area contributed by atoms with Crippen molar-refractivity contribution in [2.45, 2.75) is 45.4 Å². The Bertz CT molecular complexity index is 177. The van der Waals surface area contributed by atoms with Gasteiger partial charge < -0.3 is 10.2 Å². The van der Waals surface area contributed by atoms with Crippen LogP contribution in [0, 0.1) is 5.41 Å². The van der Waals surface area contributed by atoms with Crippen LogP contribution in [0.4, 0.5) is 0 Å². The molecule has 0 aromatic rings. The Morgan fingerprint density at radius 2 is 1.87 bits per heavy atom. The molecule has 15 heavy (non-hydrogen) atoms. The molecular formula is C13H26N2. The number of rotatable bonds is 5. The summed E-state index contributed by atoms with van der Waals surface area (Å²) >= 11 is 0. The van der Waals surface area contributed by atoms with Crippen molar-refractivity contribution in [3.05, 3.63) is 0 Å². The summed E-state index contributed by atoms with van der Waals surface area (Å²) in [6, 6.07) is 0. The van der Waals surface area contributed by atoms with E-state index in [1.165, 1.54) is 64.7 Å². The van der Waals surface area contributed by atoms with Crippen LogP contribution >= 0.6 is 0 Å². The molecule has 2 fully saturated rings. The van der Waals surface area contributed by atoms with E-state index >= 15 is 0 Å². The lowest BCUT2D eigenvalue weighted by Gasteiger charge is -2.52. The molecule has 2 rings (SSSR count). The molecule has 1 saturated heterocycles. The van der Waals surface area contributed by atoms with E-state index in [1.54, 1.807) is 0 Å². The van der Waals surface area contributed by atoms with Crippen LogP contribution in [0.3, 0.4) is 0 Å². The molecular weight excluding hydrogens is 184 g/mol. The molecule has 0 aromatic carbocycles. The molecule has 88 valence electrons. The maximum absolute atomic E-state index is 3.40. The molecule has 2 heteroatoms. The van der Waals surface area contributed by atoms with Crippen molar-refractivity contribution in [2.24, 2.45) is 5.41 Å².